The molecule has 188 valence electrons. The van der Waals surface area contributed by atoms with Gasteiger partial charge >= 0.3 is 6.18 Å². The van der Waals surface area contributed by atoms with Crippen LogP contribution in [0.1, 0.15) is 41.0 Å². The van der Waals surface area contributed by atoms with Crippen LogP contribution in [0.3, 0.4) is 0 Å². The molecule has 2 bridgehead atoms. The zero-order valence-corrected chi connectivity index (χ0v) is 18.9. The minimum absolute atomic E-state index is 0.0368. The summed E-state index contributed by atoms with van der Waals surface area (Å²) in [6, 6.07) is 1.65. The van der Waals surface area contributed by atoms with Crippen LogP contribution in [-0.4, -0.2) is 69.1 Å². The summed E-state index contributed by atoms with van der Waals surface area (Å²) in [6.45, 7) is 1.33. The molecule has 2 aliphatic rings. The lowest BCUT2D eigenvalue weighted by Crippen LogP contribution is -2.42. The van der Waals surface area contributed by atoms with Gasteiger partial charge in [0.15, 0.2) is 17.3 Å². The van der Waals surface area contributed by atoms with Crippen LogP contribution in [-0.2, 0) is 41.3 Å². The number of fused-ring (bicyclic) bond motifs is 2. The fraction of sp³-hybridized carbons (Fsp3) is 0.652. The number of pyridine rings is 1. The molecule has 1 aromatic rings. The average molecular weight is 487 g/mol. The van der Waals surface area contributed by atoms with Crippen molar-refractivity contribution in [1.82, 2.24) is 4.98 Å². The lowest BCUT2D eigenvalue weighted by atomic mass is 9.75. The zero-order chi connectivity index (χ0) is 24.7. The Hall–Kier alpha value is -2.21. The van der Waals surface area contributed by atoms with Crippen molar-refractivity contribution in [2.45, 2.75) is 32.0 Å². The predicted molar refractivity (Wildman–Crippen MR) is 111 cm³/mol. The van der Waals surface area contributed by atoms with Gasteiger partial charge < -0.3 is 18.9 Å². The number of hydrogen-bond acceptors (Lipinski definition) is 8. The second-order valence-electron chi connectivity index (χ2n) is 8.27. The van der Waals surface area contributed by atoms with Gasteiger partial charge in [0.25, 0.3) is 0 Å². The fourth-order valence-electron chi connectivity index (χ4n) is 4.27. The van der Waals surface area contributed by atoms with E-state index in [0.29, 0.717) is 51.8 Å². The minimum Gasteiger partial charge on any atom is -0.382 e. The molecule has 2 saturated carbocycles. The van der Waals surface area contributed by atoms with Gasteiger partial charge in [0.2, 0.25) is 0 Å². The molecule has 3 rings (SSSR count). The third-order valence-corrected chi connectivity index (χ3v) is 6.01. The largest absolute Gasteiger partial charge is 0.433 e. The fourth-order valence-corrected chi connectivity index (χ4v) is 4.27. The molecule has 1 heterocycles. The molecule has 0 spiro atoms. The number of carbonyl (C=O) groups is 3. The molecule has 2 atom stereocenters. The van der Waals surface area contributed by atoms with E-state index in [9.17, 15) is 27.6 Å². The lowest BCUT2D eigenvalue weighted by molar-refractivity contribution is -0.141. The minimum atomic E-state index is -4.72. The number of carbonyl (C=O) groups excluding carboxylic acids is 3. The molecule has 0 amide bonds. The van der Waals surface area contributed by atoms with E-state index in [1.165, 1.54) is 0 Å². The van der Waals surface area contributed by atoms with Crippen molar-refractivity contribution in [2.75, 3.05) is 46.8 Å². The first kappa shape index (κ1) is 26.4. The summed E-state index contributed by atoms with van der Waals surface area (Å²) in [6.07, 6.45) is -3.17. The Bertz CT molecular complexity index is 868. The van der Waals surface area contributed by atoms with Gasteiger partial charge in [-0.15, -0.1) is 0 Å². The Balaban J connectivity index is 1.63. The van der Waals surface area contributed by atoms with Gasteiger partial charge in [-0.25, -0.2) is 4.98 Å². The van der Waals surface area contributed by atoms with Crippen LogP contribution >= 0.6 is 0 Å². The quantitative estimate of drug-likeness (QED) is 0.238. The first-order valence-electron chi connectivity index (χ1n) is 11.1. The maximum Gasteiger partial charge on any atom is 0.433 e. The van der Waals surface area contributed by atoms with Crippen LogP contribution in [0, 0.1) is 17.8 Å². The maximum absolute atomic E-state index is 13.2. The monoisotopic (exact) mass is 487 g/mol. The van der Waals surface area contributed by atoms with Crippen molar-refractivity contribution in [3.8, 4) is 0 Å². The number of Topliss-reactive ketones (excluding diaryl/α,β-unsaturated/α-hetero) is 3. The van der Waals surface area contributed by atoms with Gasteiger partial charge in [0.05, 0.1) is 51.9 Å². The highest BCUT2D eigenvalue weighted by atomic mass is 19.4. The second-order valence-corrected chi connectivity index (χ2v) is 8.27. The highest BCUT2D eigenvalue weighted by Crippen LogP contribution is 2.41. The summed E-state index contributed by atoms with van der Waals surface area (Å²) in [5.74, 6) is -3.89. The van der Waals surface area contributed by atoms with Crippen LogP contribution in [0.5, 0.6) is 0 Å². The van der Waals surface area contributed by atoms with Crippen LogP contribution in [0.4, 0.5) is 13.2 Å². The number of rotatable bonds is 13. The molecule has 8 nitrogen and oxygen atoms in total. The lowest BCUT2D eigenvalue weighted by Gasteiger charge is -2.25. The summed E-state index contributed by atoms with van der Waals surface area (Å²) < 4.78 is 60.3. The zero-order valence-electron chi connectivity index (χ0n) is 18.9. The topological polar surface area (TPSA) is 101 Å². The van der Waals surface area contributed by atoms with Gasteiger partial charge in [-0.1, -0.05) is 0 Å². The van der Waals surface area contributed by atoms with Gasteiger partial charge in [-0.05, 0) is 31.4 Å². The highest BCUT2D eigenvalue weighted by molar-refractivity contribution is 6.26. The number of hydrogen-bond donors (Lipinski definition) is 0. The Labute approximate surface area is 195 Å². The van der Waals surface area contributed by atoms with E-state index in [4.69, 9.17) is 18.9 Å². The first-order valence-corrected chi connectivity index (χ1v) is 11.1. The van der Waals surface area contributed by atoms with Gasteiger partial charge in [-0.2, -0.15) is 13.2 Å². The SMILES string of the molecule is COCCOCCOCCOCc1nc(C(F)(F)F)ccc1C(=O)C1C(=O)C2CCC(C2)C1=O. The van der Waals surface area contributed by atoms with E-state index >= 15 is 0 Å². The standard InChI is InChI=1S/C23H28F3NO7/c1-31-6-7-32-8-9-33-10-11-34-13-17-16(4-5-18(27-17)23(24,25)26)22(30)19-20(28)14-2-3-15(12-14)21(19)29/h4-5,14-15,19H,2-3,6-13H2,1H3. The Morgan fingerprint density at radius 3 is 2.06 bits per heavy atom. The molecule has 0 aliphatic heterocycles. The second kappa shape index (κ2) is 12.0. The summed E-state index contributed by atoms with van der Waals surface area (Å²) in [5, 5.41) is 0. The smallest absolute Gasteiger partial charge is 0.382 e. The maximum atomic E-state index is 13.2. The Morgan fingerprint density at radius 2 is 1.50 bits per heavy atom. The molecule has 0 aromatic carbocycles. The van der Waals surface area contributed by atoms with Crippen LogP contribution in [0.25, 0.3) is 0 Å². The highest BCUT2D eigenvalue weighted by Gasteiger charge is 2.50. The van der Waals surface area contributed by atoms with Crippen molar-refractivity contribution in [2.24, 2.45) is 17.8 Å². The first-order chi connectivity index (χ1) is 16.2. The van der Waals surface area contributed by atoms with Crippen LogP contribution < -0.4 is 0 Å². The van der Waals surface area contributed by atoms with E-state index in [1.54, 1.807) is 7.11 Å². The molecule has 1 aromatic heterocycles. The van der Waals surface area contributed by atoms with E-state index in [0.717, 1.165) is 6.07 Å². The molecule has 2 unspecified atom stereocenters. The normalized spacial score (nSPS) is 22.4. The number of aromatic nitrogens is 1. The number of ether oxygens (including phenoxy) is 4. The Morgan fingerprint density at radius 1 is 0.941 bits per heavy atom. The summed E-state index contributed by atoms with van der Waals surface area (Å²) in [5.41, 5.74) is -1.65. The van der Waals surface area contributed by atoms with E-state index in [-0.39, 0.29) is 36.3 Å². The van der Waals surface area contributed by atoms with Crippen molar-refractivity contribution in [1.29, 1.82) is 0 Å². The number of alkyl halides is 3. The Kier molecular flexibility index (Phi) is 9.29. The number of ketones is 3. The van der Waals surface area contributed by atoms with Gasteiger partial charge in [0, 0.05) is 24.5 Å². The molecular formula is C23H28F3NO7. The predicted octanol–water partition coefficient (Wildman–Crippen LogP) is 2.66. The molecule has 0 N–H and O–H groups in total. The molecule has 0 saturated heterocycles. The molecule has 0 radical (unpaired) electrons. The summed E-state index contributed by atoms with van der Waals surface area (Å²) >= 11 is 0. The van der Waals surface area contributed by atoms with Crippen molar-refractivity contribution in [3.63, 3.8) is 0 Å². The van der Waals surface area contributed by atoms with Crippen molar-refractivity contribution >= 4 is 17.3 Å². The van der Waals surface area contributed by atoms with E-state index in [2.05, 4.69) is 4.98 Å². The number of methoxy groups -OCH3 is 1. The van der Waals surface area contributed by atoms with Gasteiger partial charge in [0.1, 0.15) is 11.6 Å². The van der Waals surface area contributed by atoms with Crippen molar-refractivity contribution < 1.29 is 46.5 Å². The third kappa shape index (κ3) is 6.47. The van der Waals surface area contributed by atoms with Crippen LogP contribution in [0.15, 0.2) is 12.1 Å². The molecular weight excluding hydrogens is 459 g/mol. The van der Waals surface area contributed by atoms with Gasteiger partial charge in [-0.3, -0.25) is 14.4 Å². The van der Waals surface area contributed by atoms with E-state index in [1.807, 2.05) is 0 Å². The van der Waals surface area contributed by atoms with Crippen molar-refractivity contribution in [3.05, 3.63) is 29.1 Å². The molecule has 2 fully saturated rings. The third-order valence-electron chi connectivity index (χ3n) is 6.01. The average Bonchev–Trinajstić information content (AvgIpc) is 3.25. The summed E-state index contributed by atoms with van der Waals surface area (Å²) in [7, 11) is 1.56. The number of nitrogens with zero attached hydrogens (tertiary/aromatic N) is 1. The van der Waals surface area contributed by atoms with Crippen LogP contribution in [0.2, 0.25) is 0 Å². The number of halogens is 3. The summed E-state index contributed by atoms with van der Waals surface area (Å²) in [4.78, 5) is 42.1. The molecule has 34 heavy (non-hydrogen) atoms. The molecule has 11 heteroatoms. The molecule has 2 aliphatic carbocycles. The van der Waals surface area contributed by atoms with E-state index < -0.39 is 41.7 Å².